The van der Waals surface area contributed by atoms with Gasteiger partial charge in [0.1, 0.15) is 5.82 Å². The number of halogens is 1. The number of rotatable bonds is 4. The van der Waals surface area contributed by atoms with Gasteiger partial charge in [-0.2, -0.15) is 0 Å². The summed E-state index contributed by atoms with van der Waals surface area (Å²) in [6.07, 6.45) is 1.82. The Morgan fingerprint density at radius 1 is 1.27 bits per heavy atom. The van der Waals surface area contributed by atoms with Crippen LogP contribution in [0.4, 0.5) is 4.39 Å². The molecule has 2 fully saturated rings. The molecule has 3 rings (SSSR count). The predicted molar refractivity (Wildman–Crippen MR) is 95.9 cm³/mol. The van der Waals surface area contributed by atoms with E-state index in [0.717, 1.165) is 18.4 Å². The van der Waals surface area contributed by atoms with Crippen molar-refractivity contribution in [1.29, 1.82) is 0 Å². The molecule has 0 aromatic heterocycles. The lowest BCUT2D eigenvalue weighted by Gasteiger charge is -2.37. The first-order valence-corrected chi connectivity index (χ1v) is 9.30. The van der Waals surface area contributed by atoms with Crippen LogP contribution in [0.2, 0.25) is 0 Å². The zero-order valence-corrected chi connectivity index (χ0v) is 15.5. The van der Waals surface area contributed by atoms with E-state index in [0.29, 0.717) is 26.3 Å². The third-order valence-corrected chi connectivity index (χ3v) is 5.51. The molecule has 1 atom stereocenters. The Labute approximate surface area is 153 Å². The molecule has 1 aromatic rings. The fourth-order valence-corrected chi connectivity index (χ4v) is 4.08. The van der Waals surface area contributed by atoms with Crippen molar-refractivity contribution in [2.45, 2.75) is 39.2 Å². The van der Waals surface area contributed by atoms with E-state index < -0.39 is 0 Å². The molecule has 26 heavy (non-hydrogen) atoms. The number of carbonyl (C=O) groups is 2. The Bertz CT molecular complexity index is 654. The van der Waals surface area contributed by atoms with Crippen molar-refractivity contribution < 1.29 is 18.7 Å². The minimum Gasteiger partial charge on any atom is -0.381 e. The van der Waals surface area contributed by atoms with E-state index in [-0.39, 0.29) is 41.4 Å². The molecule has 1 spiro atoms. The number of nitrogens with zero attached hydrogens (tertiary/aromatic N) is 1. The molecule has 1 unspecified atom stereocenters. The second kappa shape index (κ2) is 7.74. The summed E-state index contributed by atoms with van der Waals surface area (Å²) < 4.78 is 18.6. The third kappa shape index (κ3) is 4.06. The number of amides is 2. The lowest BCUT2D eigenvalue weighted by molar-refractivity contribution is -0.130. The maximum Gasteiger partial charge on any atom is 0.227 e. The maximum atomic E-state index is 13.1. The van der Waals surface area contributed by atoms with Gasteiger partial charge >= 0.3 is 0 Å². The van der Waals surface area contributed by atoms with Gasteiger partial charge in [-0.1, -0.05) is 12.1 Å². The third-order valence-electron chi connectivity index (χ3n) is 5.51. The SMILES string of the molecule is CC(C)NC(=O)C1CN(C(=O)Cc2ccc(F)cc2)CC12CCOCC2. The smallest absolute Gasteiger partial charge is 0.227 e. The van der Waals surface area contributed by atoms with Crippen LogP contribution in [0.1, 0.15) is 32.3 Å². The number of nitrogens with one attached hydrogen (secondary N) is 1. The lowest BCUT2D eigenvalue weighted by Crippen LogP contribution is -2.46. The molecule has 0 saturated carbocycles. The quantitative estimate of drug-likeness (QED) is 0.893. The van der Waals surface area contributed by atoms with Crippen molar-refractivity contribution in [3.05, 3.63) is 35.6 Å². The highest BCUT2D eigenvalue weighted by atomic mass is 19.1. The molecule has 1 aromatic carbocycles. The van der Waals surface area contributed by atoms with Crippen LogP contribution < -0.4 is 5.32 Å². The highest BCUT2D eigenvalue weighted by molar-refractivity contribution is 5.84. The standard InChI is InChI=1S/C20H27FN2O3/c1-14(2)22-19(25)17-12-23(13-20(17)7-9-26-10-8-20)18(24)11-15-3-5-16(21)6-4-15/h3-6,14,17H,7-13H2,1-2H3,(H,22,25). The highest BCUT2D eigenvalue weighted by Crippen LogP contribution is 2.44. The number of hydrogen-bond acceptors (Lipinski definition) is 3. The summed E-state index contributed by atoms with van der Waals surface area (Å²) in [5, 5.41) is 3.01. The van der Waals surface area contributed by atoms with Crippen LogP contribution >= 0.6 is 0 Å². The number of benzene rings is 1. The van der Waals surface area contributed by atoms with E-state index in [2.05, 4.69) is 5.32 Å². The topological polar surface area (TPSA) is 58.6 Å². The first-order valence-electron chi connectivity index (χ1n) is 9.30. The van der Waals surface area contributed by atoms with Gasteiger partial charge in [0.15, 0.2) is 0 Å². The molecular formula is C20H27FN2O3. The molecule has 0 aliphatic carbocycles. The van der Waals surface area contributed by atoms with Gasteiger partial charge in [-0.05, 0) is 44.4 Å². The minimum atomic E-state index is -0.311. The van der Waals surface area contributed by atoms with E-state index in [4.69, 9.17) is 4.74 Å². The molecule has 0 radical (unpaired) electrons. The Morgan fingerprint density at radius 3 is 2.54 bits per heavy atom. The van der Waals surface area contributed by atoms with Crippen LogP contribution in [-0.2, 0) is 20.7 Å². The number of ether oxygens (including phenoxy) is 1. The fourth-order valence-electron chi connectivity index (χ4n) is 4.08. The van der Waals surface area contributed by atoms with E-state index in [9.17, 15) is 14.0 Å². The minimum absolute atomic E-state index is 0.0117. The first kappa shape index (κ1) is 18.8. The molecule has 5 nitrogen and oxygen atoms in total. The summed E-state index contributed by atoms with van der Waals surface area (Å²) in [6.45, 7) is 6.18. The molecule has 2 aliphatic rings. The van der Waals surface area contributed by atoms with Gasteiger partial charge in [0.05, 0.1) is 12.3 Å². The van der Waals surface area contributed by atoms with Gasteiger partial charge < -0.3 is 15.0 Å². The normalized spacial score (nSPS) is 22.0. The van der Waals surface area contributed by atoms with Crippen LogP contribution in [0.25, 0.3) is 0 Å². The summed E-state index contributed by atoms with van der Waals surface area (Å²) >= 11 is 0. The molecule has 142 valence electrons. The van der Waals surface area contributed by atoms with Gasteiger partial charge in [-0.15, -0.1) is 0 Å². The second-order valence-corrected chi connectivity index (χ2v) is 7.77. The largest absolute Gasteiger partial charge is 0.381 e. The van der Waals surface area contributed by atoms with Crippen LogP contribution in [0.3, 0.4) is 0 Å². The molecule has 2 saturated heterocycles. The molecule has 0 bridgehead atoms. The van der Waals surface area contributed by atoms with Crippen LogP contribution in [0.15, 0.2) is 24.3 Å². The van der Waals surface area contributed by atoms with Crippen LogP contribution in [0.5, 0.6) is 0 Å². The molecular weight excluding hydrogens is 335 g/mol. The highest BCUT2D eigenvalue weighted by Gasteiger charge is 2.51. The zero-order chi connectivity index (χ0) is 18.7. The van der Waals surface area contributed by atoms with Gasteiger partial charge in [-0.25, -0.2) is 4.39 Å². The summed E-state index contributed by atoms with van der Waals surface area (Å²) in [7, 11) is 0. The monoisotopic (exact) mass is 362 g/mol. The summed E-state index contributed by atoms with van der Waals surface area (Å²) in [5.74, 6) is -0.499. The zero-order valence-electron chi connectivity index (χ0n) is 15.5. The van der Waals surface area contributed by atoms with E-state index in [1.807, 2.05) is 13.8 Å². The average molecular weight is 362 g/mol. The summed E-state index contributed by atoms with van der Waals surface area (Å²) in [5.41, 5.74) is 0.586. The molecule has 2 heterocycles. The van der Waals surface area contributed by atoms with Crippen molar-refractivity contribution in [2.24, 2.45) is 11.3 Å². The average Bonchev–Trinajstić information content (AvgIpc) is 2.96. The van der Waals surface area contributed by atoms with Crippen LogP contribution in [-0.4, -0.2) is 49.1 Å². The van der Waals surface area contributed by atoms with Crippen molar-refractivity contribution in [2.75, 3.05) is 26.3 Å². The molecule has 2 amide bonds. The van der Waals surface area contributed by atoms with E-state index in [1.165, 1.54) is 12.1 Å². The van der Waals surface area contributed by atoms with Crippen LogP contribution in [0, 0.1) is 17.2 Å². The Balaban J connectivity index is 1.73. The molecule has 1 N–H and O–H groups in total. The van der Waals surface area contributed by atoms with Crippen molar-refractivity contribution >= 4 is 11.8 Å². The second-order valence-electron chi connectivity index (χ2n) is 7.77. The maximum absolute atomic E-state index is 13.1. The summed E-state index contributed by atoms with van der Waals surface area (Å²) in [4.78, 5) is 27.4. The predicted octanol–water partition coefficient (Wildman–Crippen LogP) is 2.15. The Kier molecular flexibility index (Phi) is 5.61. The van der Waals surface area contributed by atoms with E-state index in [1.54, 1.807) is 17.0 Å². The van der Waals surface area contributed by atoms with Crippen molar-refractivity contribution in [1.82, 2.24) is 10.2 Å². The van der Waals surface area contributed by atoms with Gasteiger partial charge in [0.2, 0.25) is 11.8 Å². The van der Waals surface area contributed by atoms with Crippen molar-refractivity contribution in [3.63, 3.8) is 0 Å². The van der Waals surface area contributed by atoms with Gasteiger partial charge in [-0.3, -0.25) is 9.59 Å². The molecule has 6 heteroatoms. The van der Waals surface area contributed by atoms with Gasteiger partial charge in [0, 0.05) is 37.8 Å². The van der Waals surface area contributed by atoms with E-state index >= 15 is 0 Å². The van der Waals surface area contributed by atoms with Crippen molar-refractivity contribution in [3.8, 4) is 0 Å². The lowest BCUT2D eigenvalue weighted by atomic mass is 9.71. The Hall–Kier alpha value is -1.95. The fraction of sp³-hybridized carbons (Fsp3) is 0.600. The molecule has 2 aliphatic heterocycles. The summed E-state index contributed by atoms with van der Waals surface area (Å²) in [6, 6.07) is 6.08. The Morgan fingerprint density at radius 2 is 1.92 bits per heavy atom. The number of likely N-dealkylation sites (tertiary alicyclic amines) is 1. The van der Waals surface area contributed by atoms with Gasteiger partial charge in [0.25, 0.3) is 0 Å². The number of carbonyl (C=O) groups excluding carboxylic acids is 2. The number of hydrogen-bond donors (Lipinski definition) is 1. The first-order chi connectivity index (χ1) is 12.4.